The first-order valence-electron chi connectivity index (χ1n) is 6.56. The molecule has 124 valence electrons. The number of aryl methyl sites for hydroxylation is 1. The molecular formula is C13H10F3N7S. The molecule has 2 N–H and O–H groups in total. The summed E-state index contributed by atoms with van der Waals surface area (Å²) >= 11 is 0.867. The first-order chi connectivity index (χ1) is 11.3. The lowest BCUT2D eigenvalue weighted by atomic mass is 10.2. The Hall–Kier alpha value is -2.69. The summed E-state index contributed by atoms with van der Waals surface area (Å²) in [6, 6.07) is 5.13. The van der Waals surface area contributed by atoms with Gasteiger partial charge in [0.05, 0.1) is 0 Å². The minimum Gasteiger partial charge on any atom is -0.335 e. The molecule has 7 nitrogen and oxygen atoms in total. The highest BCUT2D eigenvalue weighted by Gasteiger charge is 2.38. The van der Waals surface area contributed by atoms with Gasteiger partial charge in [-0.15, -0.1) is 10.2 Å². The minimum atomic E-state index is -4.68. The Morgan fingerprint density at radius 3 is 2.62 bits per heavy atom. The molecule has 3 aromatic heterocycles. The Bertz CT molecular complexity index is 864. The summed E-state index contributed by atoms with van der Waals surface area (Å²) in [6.45, 7) is 1.75. The van der Waals surface area contributed by atoms with Crippen LogP contribution in [-0.4, -0.2) is 29.8 Å². The number of nitrogens with two attached hydrogens (primary N) is 1. The topological polar surface area (TPSA) is 95.4 Å². The maximum absolute atomic E-state index is 12.7. The molecule has 0 aromatic carbocycles. The molecule has 24 heavy (non-hydrogen) atoms. The van der Waals surface area contributed by atoms with Crippen molar-refractivity contribution in [2.24, 2.45) is 0 Å². The summed E-state index contributed by atoms with van der Waals surface area (Å²) in [6.07, 6.45) is -1.47. The van der Waals surface area contributed by atoms with E-state index < -0.39 is 12.0 Å². The third-order valence-corrected chi connectivity index (χ3v) is 3.74. The van der Waals surface area contributed by atoms with E-state index in [1.807, 2.05) is 0 Å². The zero-order chi connectivity index (χ0) is 17.3. The van der Waals surface area contributed by atoms with Crippen molar-refractivity contribution in [2.45, 2.75) is 23.3 Å². The molecular weight excluding hydrogens is 343 g/mol. The van der Waals surface area contributed by atoms with Crippen LogP contribution in [0.3, 0.4) is 0 Å². The normalized spacial score (nSPS) is 11.7. The molecule has 0 saturated carbocycles. The number of hydrogen-bond acceptors (Lipinski definition) is 7. The number of hydrogen-bond donors (Lipinski definition) is 1. The highest BCUT2D eigenvalue weighted by Crippen LogP contribution is 2.31. The molecule has 0 aliphatic heterocycles. The number of rotatable bonds is 3. The smallest absolute Gasteiger partial charge is 0.335 e. The second-order valence-corrected chi connectivity index (χ2v) is 5.68. The molecule has 0 unspecified atom stereocenters. The highest BCUT2D eigenvalue weighted by atomic mass is 32.2. The van der Waals surface area contributed by atoms with Crippen LogP contribution >= 0.6 is 11.8 Å². The van der Waals surface area contributed by atoms with E-state index in [0.29, 0.717) is 26.8 Å². The lowest BCUT2D eigenvalue weighted by Gasteiger charge is -2.07. The van der Waals surface area contributed by atoms with Gasteiger partial charge in [-0.3, -0.25) is 4.98 Å². The van der Waals surface area contributed by atoms with Crippen molar-refractivity contribution in [3.8, 4) is 11.4 Å². The zero-order valence-corrected chi connectivity index (χ0v) is 13.0. The van der Waals surface area contributed by atoms with Crippen LogP contribution in [0.2, 0.25) is 0 Å². The lowest BCUT2D eigenvalue weighted by molar-refractivity contribution is -0.146. The molecule has 0 aliphatic carbocycles. The Morgan fingerprint density at radius 1 is 1.21 bits per heavy atom. The van der Waals surface area contributed by atoms with E-state index in [4.69, 9.17) is 5.84 Å². The Kier molecular flexibility index (Phi) is 4.09. The molecule has 0 fully saturated rings. The monoisotopic (exact) mass is 353 g/mol. The van der Waals surface area contributed by atoms with Crippen molar-refractivity contribution in [2.75, 3.05) is 5.84 Å². The summed E-state index contributed by atoms with van der Waals surface area (Å²) in [7, 11) is 0. The van der Waals surface area contributed by atoms with Gasteiger partial charge in [0.2, 0.25) is 5.16 Å². The summed E-state index contributed by atoms with van der Waals surface area (Å²) < 4.78 is 38.5. The number of halogens is 3. The van der Waals surface area contributed by atoms with Gasteiger partial charge in [0.15, 0.2) is 5.82 Å². The average Bonchev–Trinajstić information content (AvgIpc) is 2.89. The molecule has 3 heterocycles. The van der Waals surface area contributed by atoms with Crippen LogP contribution in [0.4, 0.5) is 13.2 Å². The van der Waals surface area contributed by atoms with Crippen molar-refractivity contribution in [3.63, 3.8) is 0 Å². The quantitative estimate of drug-likeness (QED) is 0.570. The van der Waals surface area contributed by atoms with Gasteiger partial charge < -0.3 is 5.84 Å². The molecule has 0 radical (unpaired) electrons. The van der Waals surface area contributed by atoms with Crippen LogP contribution in [0.5, 0.6) is 0 Å². The van der Waals surface area contributed by atoms with Crippen LogP contribution in [0, 0.1) is 6.92 Å². The van der Waals surface area contributed by atoms with Gasteiger partial charge in [-0.1, -0.05) is 0 Å². The second kappa shape index (κ2) is 6.07. The Labute approximate surface area is 138 Å². The molecule has 11 heteroatoms. The molecule has 0 amide bonds. The lowest BCUT2D eigenvalue weighted by Crippen LogP contribution is -2.21. The van der Waals surface area contributed by atoms with Crippen LogP contribution in [0.25, 0.3) is 11.4 Å². The van der Waals surface area contributed by atoms with E-state index in [9.17, 15) is 13.2 Å². The van der Waals surface area contributed by atoms with Crippen LogP contribution in [0.1, 0.15) is 11.5 Å². The first-order valence-corrected chi connectivity index (χ1v) is 7.38. The SMILES string of the molecule is Cc1cc(Sc2nnc(C(F)(F)F)n2N)nc(-c2cccnc2)n1. The van der Waals surface area contributed by atoms with Crippen molar-refractivity contribution >= 4 is 11.8 Å². The van der Waals surface area contributed by atoms with E-state index in [-0.39, 0.29) is 5.16 Å². The molecule has 3 aromatic rings. The second-order valence-electron chi connectivity index (χ2n) is 4.69. The number of aromatic nitrogens is 6. The first kappa shape index (κ1) is 16.2. The predicted molar refractivity (Wildman–Crippen MR) is 79.3 cm³/mol. The fourth-order valence-electron chi connectivity index (χ4n) is 1.85. The van der Waals surface area contributed by atoms with Gasteiger partial charge in [-0.25, -0.2) is 14.6 Å². The maximum atomic E-state index is 12.7. The maximum Gasteiger partial charge on any atom is 0.453 e. The van der Waals surface area contributed by atoms with Crippen molar-refractivity contribution in [1.82, 2.24) is 29.8 Å². The van der Waals surface area contributed by atoms with Gasteiger partial charge in [0.25, 0.3) is 5.82 Å². The fourth-order valence-corrected chi connectivity index (χ4v) is 2.66. The van der Waals surface area contributed by atoms with E-state index in [1.54, 1.807) is 37.5 Å². The van der Waals surface area contributed by atoms with Crippen LogP contribution in [-0.2, 0) is 6.18 Å². The largest absolute Gasteiger partial charge is 0.453 e. The van der Waals surface area contributed by atoms with E-state index >= 15 is 0 Å². The van der Waals surface area contributed by atoms with Crippen molar-refractivity contribution in [3.05, 3.63) is 42.1 Å². The van der Waals surface area contributed by atoms with Crippen molar-refractivity contribution in [1.29, 1.82) is 0 Å². The molecule has 0 spiro atoms. The van der Waals surface area contributed by atoms with E-state index in [2.05, 4.69) is 25.1 Å². The Balaban J connectivity index is 1.94. The van der Waals surface area contributed by atoms with Crippen molar-refractivity contribution < 1.29 is 13.2 Å². The standard InChI is InChI=1S/C13H10F3N7S/c1-7-5-9(20-10(19-7)8-3-2-4-18-6-8)24-12-22-21-11(23(12)17)13(14,15)16/h2-6H,17H2,1H3. The average molecular weight is 353 g/mol. The predicted octanol–water partition coefficient (Wildman–Crippen LogP) is 2.32. The van der Waals surface area contributed by atoms with Crippen LogP contribution < -0.4 is 5.84 Å². The fraction of sp³-hybridized carbons (Fsp3) is 0.154. The molecule has 0 atom stereocenters. The molecule has 0 bridgehead atoms. The third kappa shape index (κ3) is 3.30. The summed E-state index contributed by atoms with van der Waals surface area (Å²) in [4.78, 5) is 12.6. The summed E-state index contributed by atoms with van der Waals surface area (Å²) in [5.74, 6) is 4.55. The van der Waals surface area contributed by atoms with Gasteiger partial charge in [-0.05, 0) is 36.9 Å². The van der Waals surface area contributed by atoms with Gasteiger partial charge in [0, 0.05) is 23.7 Å². The van der Waals surface area contributed by atoms with Crippen LogP contribution in [0.15, 0.2) is 40.8 Å². The summed E-state index contributed by atoms with van der Waals surface area (Å²) in [5.41, 5.74) is 1.33. The number of alkyl halides is 3. The van der Waals surface area contributed by atoms with E-state index in [1.165, 1.54) is 0 Å². The molecule has 0 aliphatic rings. The van der Waals surface area contributed by atoms with E-state index in [0.717, 1.165) is 11.8 Å². The third-order valence-electron chi connectivity index (χ3n) is 2.86. The number of nitrogens with zero attached hydrogens (tertiary/aromatic N) is 6. The van der Waals surface area contributed by atoms with Gasteiger partial charge in [-0.2, -0.15) is 13.2 Å². The number of pyridine rings is 1. The van der Waals surface area contributed by atoms with Gasteiger partial charge >= 0.3 is 6.18 Å². The highest BCUT2D eigenvalue weighted by molar-refractivity contribution is 7.99. The minimum absolute atomic E-state index is 0.127. The zero-order valence-electron chi connectivity index (χ0n) is 12.2. The Morgan fingerprint density at radius 2 is 2.00 bits per heavy atom. The molecule has 3 rings (SSSR count). The summed E-state index contributed by atoms with van der Waals surface area (Å²) in [5, 5.41) is 6.81. The van der Waals surface area contributed by atoms with Gasteiger partial charge in [0.1, 0.15) is 5.03 Å². The number of nitrogen functional groups attached to an aromatic ring is 1. The molecule has 0 saturated heterocycles.